The highest BCUT2D eigenvalue weighted by Crippen LogP contribution is 2.28. The number of hydrogen-bond acceptors (Lipinski definition) is 3. The normalized spacial score (nSPS) is 11.7. The molecule has 0 saturated heterocycles. The standard InChI is InChI=1S/C20H24ClNO3/c1-14(16-7-9-17(21)10-8-16)22(2)20(23)12-6-15-5-11-18(24-3)19(13-15)25-4/h5,7-11,13-14H,6,12H2,1-4H3. The van der Waals surface area contributed by atoms with Crippen molar-refractivity contribution in [1.29, 1.82) is 0 Å². The smallest absolute Gasteiger partial charge is 0.223 e. The summed E-state index contributed by atoms with van der Waals surface area (Å²) in [5, 5.41) is 0.693. The number of nitrogens with zero attached hydrogens (tertiary/aromatic N) is 1. The van der Waals surface area contributed by atoms with Crippen molar-refractivity contribution in [2.45, 2.75) is 25.8 Å². The number of benzene rings is 2. The quantitative estimate of drug-likeness (QED) is 0.728. The molecule has 0 aliphatic carbocycles. The predicted octanol–water partition coefficient (Wildman–Crippen LogP) is 4.51. The van der Waals surface area contributed by atoms with Crippen molar-refractivity contribution < 1.29 is 14.3 Å². The zero-order valence-electron chi connectivity index (χ0n) is 15.1. The molecule has 5 heteroatoms. The second-order valence-electron chi connectivity index (χ2n) is 5.92. The van der Waals surface area contributed by atoms with Gasteiger partial charge in [0.25, 0.3) is 0 Å². The van der Waals surface area contributed by atoms with E-state index in [-0.39, 0.29) is 11.9 Å². The molecule has 2 aromatic rings. The first-order chi connectivity index (χ1) is 12.0. The molecule has 1 unspecified atom stereocenters. The summed E-state index contributed by atoms with van der Waals surface area (Å²) in [7, 11) is 5.04. The first kappa shape index (κ1) is 19.1. The lowest BCUT2D eigenvalue weighted by molar-refractivity contribution is -0.131. The van der Waals surface area contributed by atoms with Gasteiger partial charge in [0.05, 0.1) is 20.3 Å². The van der Waals surface area contributed by atoms with Crippen LogP contribution in [0, 0.1) is 0 Å². The summed E-state index contributed by atoms with van der Waals surface area (Å²) in [6.45, 7) is 2.01. The number of aryl methyl sites for hydroxylation is 1. The van der Waals surface area contributed by atoms with Gasteiger partial charge in [-0.3, -0.25) is 4.79 Å². The van der Waals surface area contributed by atoms with Gasteiger partial charge in [-0.25, -0.2) is 0 Å². The summed E-state index contributed by atoms with van der Waals surface area (Å²) in [5.74, 6) is 1.46. The lowest BCUT2D eigenvalue weighted by atomic mass is 10.1. The van der Waals surface area contributed by atoms with Gasteiger partial charge in [0, 0.05) is 18.5 Å². The Bertz CT molecular complexity index is 715. The fourth-order valence-corrected chi connectivity index (χ4v) is 2.77. The van der Waals surface area contributed by atoms with E-state index in [0.717, 1.165) is 11.1 Å². The molecule has 1 amide bonds. The molecule has 0 aliphatic heterocycles. The molecule has 0 aromatic heterocycles. The fraction of sp³-hybridized carbons (Fsp3) is 0.350. The molecule has 0 aliphatic rings. The van der Waals surface area contributed by atoms with Crippen LogP contribution in [0.25, 0.3) is 0 Å². The van der Waals surface area contributed by atoms with Gasteiger partial charge < -0.3 is 14.4 Å². The highest BCUT2D eigenvalue weighted by molar-refractivity contribution is 6.30. The van der Waals surface area contributed by atoms with Crippen molar-refractivity contribution in [3.63, 3.8) is 0 Å². The molecule has 0 N–H and O–H groups in total. The molecule has 0 spiro atoms. The molecule has 2 rings (SSSR count). The number of halogens is 1. The Hall–Kier alpha value is -2.20. The van der Waals surface area contributed by atoms with Crippen molar-refractivity contribution in [2.24, 2.45) is 0 Å². The Kier molecular flexibility index (Phi) is 6.71. The average molecular weight is 362 g/mol. The minimum atomic E-state index is -0.00447. The number of hydrogen-bond donors (Lipinski definition) is 0. The Morgan fingerprint density at radius 1 is 1.08 bits per heavy atom. The maximum atomic E-state index is 12.5. The lowest BCUT2D eigenvalue weighted by Gasteiger charge is -2.25. The van der Waals surface area contributed by atoms with Crippen LogP contribution in [0.2, 0.25) is 5.02 Å². The number of ether oxygens (including phenoxy) is 2. The third kappa shape index (κ3) is 4.89. The van der Waals surface area contributed by atoms with Crippen LogP contribution in [0.5, 0.6) is 11.5 Å². The van der Waals surface area contributed by atoms with Gasteiger partial charge in [-0.15, -0.1) is 0 Å². The van der Waals surface area contributed by atoms with Crippen LogP contribution in [-0.2, 0) is 11.2 Å². The zero-order valence-corrected chi connectivity index (χ0v) is 15.8. The van der Waals surface area contributed by atoms with E-state index in [2.05, 4.69) is 0 Å². The van der Waals surface area contributed by atoms with Crippen LogP contribution in [-0.4, -0.2) is 32.1 Å². The van der Waals surface area contributed by atoms with Crippen LogP contribution in [0.15, 0.2) is 42.5 Å². The summed E-state index contributed by atoms with van der Waals surface area (Å²) < 4.78 is 10.5. The van der Waals surface area contributed by atoms with E-state index < -0.39 is 0 Å². The van der Waals surface area contributed by atoms with E-state index in [9.17, 15) is 4.79 Å². The van der Waals surface area contributed by atoms with Gasteiger partial charge >= 0.3 is 0 Å². The number of methoxy groups -OCH3 is 2. The molecule has 0 bridgehead atoms. The minimum absolute atomic E-state index is 0.00447. The largest absolute Gasteiger partial charge is 0.493 e. The number of carbonyl (C=O) groups excluding carboxylic acids is 1. The van der Waals surface area contributed by atoms with Gasteiger partial charge in [-0.2, -0.15) is 0 Å². The topological polar surface area (TPSA) is 38.8 Å². The van der Waals surface area contributed by atoms with Gasteiger partial charge in [0.1, 0.15) is 0 Å². The van der Waals surface area contributed by atoms with Gasteiger partial charge in [0.2, 0.25) is 5.91 Å². The Balaban J connectivity index is 1.98. The third-order valence-corrected chi connectivity index (χ3v) is 4.65. The molecule has 134 valence electrons. The van der Waals surface area contributed by atoms with Crippen LogP contribution in [0.3, 0.4) is 0 Å². The minimum Gasteiger partial charge on any atom is -0.493 e. The second-order valence-corrected chi connectivity index (χ2v) is 6.36. The van der Waals surface area contributed by atoms with Crippen molar-refractivity contribution in [2.75, 3.05) is 21.3 Å². The predicted molar refractivity (Wildman–Crippen MR) is 101 cm³/mol. The summed E-state index contributed by atoms with van der Waals surface area (Å²) in [6.07, 6.45) is 1.08. The van der Waals surface area contributed by atoms with E-state index in [1.807, 2.05) is 56.4 Å². The first-order valence-corrected chi connectivity index (χ1v) is 8.56. The summed E-state index contributed by atoms with van der Waals surface area (Å²) in [5.41, 5.74) is 2.10. The van der Waals surface area contributed by atoms with E-state index in [4.69, 9.17) is 21.1 Å². The van der Waals surface area contributed by atoms with E-state index >= 15 is 0 Å². The maximum absolute atomic E-state index is 12.5. The average Bonchev–Trinajstić information content (AvgIpc) is 2.65. The Morgan fingerprint density at radius 3 is 2.32 bits per heavy atom. The van der Waals surface area contributed by atoms with Crippen molar-refractivity contribution in [1.82, 2.24) is 4.90 Å². The lowest BCUT2D eigenvalue weighted by Crippen LogP contribution is -2.29. The summed E-state index contributed by atoms with van der Waals surface area (Å²) >= 11 is 5.92. The molecule has 2 aromatic carbocycles. The molecule has 1 atom stereocenters. The Morgan fingerprint density at radius 2 is 1.72 bits per heavy atom. The third-order valence-electron chi connectivity index (χ3n) is 4.40. The molecule has 0 heterocycles. The van der Waals surface area contributed by atoms with Crippen LogP contribution >= 0.6 is 11.6 Å². The van der Waals surface area contributed by atoms with Gasteiger partial charge in [-0.1, -0.05) is 29.8 Å². The maximum Gasteiger partial charge on any atom is 0.223 e. The highest BCUT2D eigenvalue weighted by Gasteiger charge is 2.17. The van der Waals surface area contributed by atoms with Crippen LogP contribution < -0.4 is 9.47 Å². The number of carbonyl (C=O) groups is 1. The van der Waals surface area contributed by atoms with E-state index in [0.29, 0.717) is 29.4 Å². The monoisotopic (exact) mass is 361 g/mol. The van der Waals surface area contributed by atoms with Crippen molar-refractivity contribution in [3.05, 3.63) is 58.6 Å². The van der Waals surface area contributed by atoms with Gasteiger partial charge in [-0.05, 0) is 48.7 Å². The Labute approximate surface area is 154 Å². The van der Waals surface area contributed by atoms with E-state index in [1.54, 1.807) is 19.1 Å². The number of amides is 1. The fourth-order valence-electron chi connectivity index (χ4n) is 2.64. The summed E-state index contributed by atoms with van der Waals surface area (Å²) in [4.78, 5) is 14.3. The zero-order chi connectivity index (χ0) is 18.4. The molecule has 0 radical (unpaired) electrons. The van der Waals surface area contributed by atoms with Crippen LogP contribution in [0.1, 0.15) is 30.5 Å². The summed E-state index contributed by atoms with van der Waals surface area (Å²) in [6, 6.07) is 13.3. The van der Waals surface area contributed by atoms with Gasteiger partial charge in [0.15, 0.2) is 11.5 Å². The number of rotatable bonds is 7. The SMILES string of the molecule is COc1ccc(CCC(=O)N(C)C(C)c2ccc(Cl)cc2)cc1OC. The molecule has 25 heavy (non-hydrogen) atoms. The molecular weight excluding hydrogens is 338 g/mol. The highest BCUT2D eigenvalue weighted by atomic mass is 35.5. The molecular formula is C20H24ClNO3. The molecule has 0 saturated carbocycles. The first-order valence-electron chi connectivity index (χ1n) is 8.18. The molecule has 4 nitrogen and oxygen atoms in total. The van der Waals surface area contributed by atoms with E-state index in [1.165, 1.54) is 0 Å². The second kappa shape index (κ2) is 8.77. The van der Waals surface area contributed by atoms with Crippen LogP contribution in [0.4, 0.5) is 0 Å². The molecule has 0 fully saturated rings. The van der Waals surface area contributed by atoms with Crippen molar-refractivity contribution in [3.8, 4) is 11.5 Å². The van der Waals surface area contributed by atoms with Crippen molar-refractivity contribution >= 4 is 17.5 Å².